The Morgan fingerprint density at radius 2 is 1.90 bits per heavy atom. The molecule has 1 amide bonds. The van der Waals surface area contributed by atoms with Gasteiger partial charge in [0.15, 0.2) is 12.4 Å². The Bertz CT molecular complexity index is 1180. The van der Waals surface area contributed by atoms with Crippen LogP contribution in [0, 0.1) is 13.8 Å². The molecule has 1 fully saturated rings. The number of nitrogens with one attached hydrogen (secondary N) is 1. The molecule has 6 heteroatoms. The van der Waals surface area contributed by atoms with E-state index >= 15 is 0 Å². The number of rotatable bonds is 5. The van der Waals surface area contributed by atoms with Crippen LogP contribution < -0.4 is 15.5 Å². The summed E-state index contributed by atoms with van der Waals surface area (Å²) >= 11 is 6.39. The zero-order valence-corrected chi connectivity index (χ0v) is 18.6. The minimum absolute atomic E-state index is 0.00588. The number of halogens is 1. The predicted molar refractivity (Wildman–Crippen MR) is 123 cm³/mol. The third-order valence-corrected chi connectivity index (χ3v) is 6.06. The third-order valence-electron chi connectivity index (χ3n) is 5.73. The van der Waals surface area contributed by atoms with Gasteiger partial charge in [0.25, 0.3) is 5.91 Å². The van der Waals surface area contributed by atoms with Gasteiger partial charge in [-0.2, -0.15) is 0 Å². The zero-order chi connectivity index (χ0) is 22.0. The van der Waals surface area contributed by atoms with Gasteiger partial charge in [-0.15, -0.1) is 0 Å². The summed E-state index contributed by atoms with van der Waals surface area (Å²) < 4.78 is 11.9. The molecule has 3 aromatic rings. The highest BCUT2D eigenvalue weighted by atomic mass is 35.5. The summed E-state index contributed by atoms with van der Waals surface area (Å²) in [7, 11) is 0. The quantitative estimate of drug-likeness (QED) is 0.565. The fraction of sp³-hybridized carbons (Fsp3) is 0.360. The summed E-state index contributed by atoms with van der Waals surface area (Å²) in [5, 5.41) is 3.90. The molecule has 4 rings (SSSR count). The van der Waals surface area contributed by atoms with E-state index < -0.39 is 0 Å². The second-order valence-electron chi connectivity index (χ2n) is 8.22. The topological polar surface area (TPSA) is 68.5 Å². The lowest BCUT2D eigenvalue weighted by Crippen LogP contribution is -2.39. The maximum atomic E-state index is 13.4. The Labute approximate surface area is 186 Å². The molecule has 1 aliphatic carbocycles. The lowest BCUT2D eigenvalue weighted by molar-refractivity contribution is -0.124. The van der Waals surface area contributed by atoms with Crippen LogP contribution in [0.5, 0.6) is 5.75 Å². The van der Waals surface area contributed by atoms with Crippen molar-refractivity contribution >= 4 is 28.5 Å². The SMILES string of the molecule is Cc1cc(C)c2c(=O)c(OCC(=O)NC3CCCCC3)c(-c3ccccc3Cl)oc2c1. The summed E-state index contributed by atoms with van der Waals surface area (Å²) in [6, 6.07) is 11.0. The number of amides is 1. The van der Waals surface area contributed by atoms with Crippen molar-refractivity contribution in [1.82, 2.24) is 5.32 Å². The van der Waals surface area contributed by atoms with E-state index in [1.807, 2.05) is 32.0 Å². The Morgan fingerprint density at radius 1 is 1.16 bits per heavy atom. The molecule has 31 heavy (non-hydrogen) atoms. The van der Waals surface area contributed by atoms with Gasteiger partial charge in [0.2, 0.25) is 11.2 Å². The average molecular weight is 440 g/mol. The normalized spacial score (nSPS) is 14.5. The van der Waals surface area contributed by atoms with E-state index in [0.29, 0.717) is 21.6 Å². The smallest absolute Gasteiger partial charge is 0.258 e. The van der Waals surface area contributed by atoms with Crippen LogP contribution in [-0.2, 0) is 4.79 Å². The summed E-state index contributed by atoms with van der Waals surface area (Å²) in [5.74, 6) is 0.00190. The summed E-state index contributed by atoms with van der Waals surface area (Å²) in [6.45, 7) is 3.55. The Hall–Kier alpha value is -2.79. The van der Waals surface area contributed by atoms with Crippen molar-refractivity contribution in [1.29, 1.82) is 0 Å². The Morgan fingerprint density at radius 3 is 2.65 bits per heavy atom. The van der Waals surface area contributed by atoms with E-state index in [9.17, 15) is 9.59 Å². The van der Waals surface area contributed by atoms with Crippen LogP contribution in [0.2, 0.25) is 5.02 Å². The number of fused-ring (bicyclic) bond motifs is 1. The van der Waals surface area contributed by atoms with Gasteiger partial charge in [-0.25, -0.2) is 0 Å². The molecule has 0 saturated heterocycles. The molecule has 1 aliphatic rings. The van der Waals surface area contributed by atoms with Gasteiger partial charge in [0, 0.05) is 11.6 Å². The first-order chi connectivity index (χ1) is 14.9. The number of carbonyl (C=O) groups is 1. The van der Waals surface area contributed by atoms with Gasteiger partial charge in [-0.3, -0.25) is 9.59 Å². The van der Waals surface area contributed by atoms with E-state index in [0.717, 1.165) is 36.8 Å². The van der Waals surface area contributed by atoms with E-state index in [1.54, 1.807) is 18.2 Å². The van der Waals surface area contributed by atoms with Crippen molar-refractivity contribution in [2.24, 2.45) is 0 Å². The van der Waals surface area contributed by atoms with Crippen LogP contribution in [0.25, 0.3) is 22.3 Å². The fourth-order valence-electron chi connectivity index (χ4n) is 4.28. The minimum Gasteiger partial charge on any atom is -0.476 e. The van der Waals surface area contributed by atoms with E-state index in [2.05, 4.69) is 5.32 Å². The van der Waals surface area contributed by atoms with Crippen LogP contribution in [0.3, 0.4) is 0 Å². The molecule has 2 aromatic carbocycles. The third kappa shape index (κ3) is 4.62. The van der Waals surface area contributed by atoms with Crippen molar-refractivity contribution in [3.8, 4) is 17.1 Å². The first kappa shape index (κ1) is 21.4. The summed E-state index contributed by atoms with van der Waals surface area (Å²) in [6.07, 6.45) is 5.41. The highest BCUT2D eigenvalue weighted by molar-refractivity contribution is 6.33. The lowest BCUT2D eigenvalue weighted by Gasteiger charge is -2.22. The minimum atomic E-state index is -0.306. The van der Waals surface area contributed by atoms with E-state index in [-0.39, 0.29) is 35.5 Å². The average Bonchev–Trinajstić information content (AvgIpc) is 2.73. The first-order valence-electron chi connectivity index (χ1n) is 10.7. The second kappa shape index (κ2) is 9.15. The van der Waals surface area contributed by atoms with Crippen LogP contribution in [0.4, 0.5) is 0 Å². The van der Waals surface area contributed by atoms with Crippen molar-refractivity contribution in [3.05, 3.63) is 62.8 Å². The molecule has 1 heterocycles. The largest absolute Gasteiger partial charge is 0.476 e. The van der Waals surface area contributed by atoms with Gasteiger partial charge >= 0.3 is 0 Å². The molecule has 1 N–H and O–H groups in total. The van der Waals surface area contributed by atoms with Crippen molar-refractivity contribution in [3.63, 3.8) is 0 Å². The molecular weight excluding hydrogens is 414 g/mol. The van der Waals surface area contributed by atoms with Crippen LogP contribution in [0.15, 0.2) is 45.6 Å². The van der Waals surface area contributed by atoms with Gasteiger partial charge in [0.1, 0.15) is 5.58 Å². The monoisotopic (exact) mass is 439 g/mol. The number of carbonyl (C=O) groups excluding carboxylic acids is 1. The van der Waals surface area contributed by atoms with Gasteiger partial charge in [-0.05, 0) is 56.0 Å². The zero-order valence-electron chi connectivity index (χ0n) is 17.8. The molecule has 162 valence electrons. The lowest BCUT2D eigenvalue weighted by atomic mass is 9.95. The molecule has 1 aromatic heterocycles. The van der Waals surface area contributed by atoms with Crippen molar-refractivity contribution in [2.75, 3.05) is 6.61 Å². The Balaban J connectivity index is 1.72. The van der Waals surface area contributed by atoms with E-state index in [1.165, 1.54) is 6.42 Å². The van der Waals surface area contributed by atoms with Crippen molar-refractivity contribution < 1.29 is 13.9 Å². The molecular formula is C25H26ClNO4. The number of hydrogen-bond donors (Lipinski definition) is 1. The highest BCUT2D eigenvalue weighted by Gasteiger charge is 2.22. The highest BCUT2D eigenvalue weighted by Crippen LogP contribution is 2.36. The first-order valence-corrected chi connectivity index (χ1v) is 11.1. The second-order valence-corrected chi connectivity index (χ2v) is 8.62. The fourth-order valence-corrected chi connectivity index (χ4v) is 4.50. The number of aryl methyl sites for hydroxylation is 2. The molecule has 0 radical (unpaired) electrons. The molecule has 1 saturated carbocycles. The Kier molecular flexibility index (Phi) is 6.33. The molecule has 0 unspecified atom stereocenters. The number of hydrogen-bond acceptors (Lipinski definition) is 4. The predicted octanol–water partition coefficient (Wildman–Crippen LogP) is 5.56. The molecule has 0 bridgehead atoms. The molecule has 0 spiro atoms. The maximum absolute atomic E-state index is 13.4. The maximum Gasteiger partial charge on any atom is 0.258 e. The number of ether oxygens (including phenoxy) is 1. The number of benzene rings is 2. The van der Waals surface area contributed by atoms with Gasteiger partial charge in [-0.1, -0.05) is 49.1 Å². The van der Waals surface area contributed by atoms with Crippen LogP contribution in [-0.4, -0.2) is 18.6 Å². The van der Waals surface area contributed by atoms with Crippen LogP contribution >= 0.6 is 11.6 Å². The van der Waals surface area contributed by atoms with Crippen molar-refractivity contribution in [2.45, 2.75) is 52.0 Å². The summed E-state index contributed by atoms with van der Waals surface area (Å²) in [5.41, 5.74) is 2.49. The standard InChI is InChI=1S/C25H26ClNO4/c1-15-12-16(2)22-20(13-15)31-24(18-10-6-7-11-19(18)26)25(23(22)29)30-14-21(28)27-17-8-4-3-5-9-17/h6-7,10-13,17H,3-5,8-9,14H2,1-2H3,(H,27,28). The molecule has 0 aliphatic heterocycles. The van der Waals surface area contributed by atoms with E-state index in [4.69, 9.17) is 20.8 Å². The molecule has 0 atom stereocenters. The summed E-state index contributed by atoms with van der Waals surface area (Å²) in [4.78, 5) is 25.9. The molecule has 5 nitrogen and oxygen atoms in total. The van der Waals surface area contributed by atoms with Crippen LogP contribution in [0.1, 0.15) is 43.2 Å². The van der Waals surface area contributed by atoms with Gasteiger partial charge in [0.05, 0.1) is 10.4 Å². The van der Waals surface area contributed by atoms with Gasteiger partial charge < -0.3 is 14.5 Å².